The zero-order valence-corrected chi connectivity index (χ0v) is 10.4. The number of nitrogen functional groups attached to an aromatic ring is 1. The van der Waals surface area contributed by atoms with Gasteiger partial charge in [0.15, 0.2) is 0 Å². The topological polar surface area (TPSA) is 73.9 Å². The van der Waals surface area contributed by atoms with Crippen molar-refractivity contribution in [1.82, 2.24) is 15.0 Å². The van der Waals surface area contributed by atoms with Crippen molar-refractivity contribution in [3.05, 3.63) is 11.6 Å². The predicted octanol–water partition coefficient (Wildman–Crippen LogP) is 1.69. The number of nitrogens with zero attached hydrogens (tertiary/aromatic N) is 3. The van der Waals surface area contributed by atoms with Gasteiger partial charge in [0, 0.05) is 18.9 Å². The van der Waals surface area contributed by atoms with Crippen molar-refractivity contribution in [2.45, 2.75) is 44.9 Å². The van der Waals surface area contributed by atoms with Gasteiger partial charge in [-0.3, -0.25) is 0 Å². The lowest BCUT2D eigenvalue weighted by Gasteiger charge is -2.09. The molecule has 0 radical (unpaired) electrons. The maximum absolute atomic E-state index is 5.73. The molecule has 0 unspecified atom stereocenters. The summed E-state index contributed by atoms with van der Waals surface area (Å²) < 4.78 is 5.30. The van der Waals surface area contributed by atoms with Crippen LogP contribution in [0.5, 0.6) is 0 Å². The molecule has 2 rings (SSSR count). The molecule has 1 heterocycles. The average Bonchev–Trinajstić information content (AvgIpc) is 2.82. The first kappa shape index (κ1) is 12.2. The van der Waals surface area contributed by atoms with Gasteiger partial charge in [-0.1, -0.05) is 12.8 Å². The van der Waals surface area contributed by atoms with Crippen LogP contribution in [0.1, 0.15) is 50.2 Å². The van der Waals surface area contributed by atoms with Crippen molar-refractivity contribution in [2.24, 2.45) is 0 Å². The fourth-order valence-electron chi connectivity index (χ4n) is 2.24. The quantitative estimate of drug-likeness (QED) is 0.787. The highest BCUT2D eigenvalue weighted by atomic mass is 16.5. The first-order valence-corrected chi connectivity index (χ1v) is 6.37. The van der Waals surface area contributed by atoms with Crippen molar-refractivity contribution >= 4 is 5.95 Å². The Morgan fingerprint density at radius 3 is 2.71 bits per heavy atom. The Morgan fingerprint density at radius 1 is 1.24 bits per heavy atom. The predicted molar refractivity (Wildman–Crippen MR) is 65.6 cm³/mol. The van der Waals surface area contributed by atoms with Crippen LogP contribution in [-0.4, -0.2) is 28.2 Å². The average molecular weight is 236 g/mol. The van der Waals surface area contributed by atoms with Crippen molar-refractivity contribution in [3.8, 4) is 0 Å². The Balaban J connectivity index is 2.05. The van der Waals surface area contributed by atoms with E-state index >= 15 is 0 Å². The van der Waals surface area contributed by atoms with E-state index in [-0.39, 0.29) is 0 Å². The summed E-state index contributed by atoms with van der Waals surface area (Å²) in [6.07, 6.45) is 5.60. The summed E-state index contributed by atoms with van der Waals surface area (Å²) in [6, 6.07) is 0. The molecule has 5 heteroatoms. The molecule has 0 bridgehead atoms. The smallest absolute Gasteiger partial charge is 0.223 e. The largest absolute Gasteiger partial charge is 0.381 e. The van der Waals surface area contributed by atoms with Gasteiger partial charge in [-0.05, 0) is 19.8 Å². The molecule has 1 aliphatic rings. The molecule has 0 spiro atoms. The first-order chi connectivity index (χ1) is 8.29. The van der Waals surface area contributed by atoms with Gasteiger partial charge in [-0.25, -0.2) is 4.98 Å². The van der Waals surface area contributed by atoms with Crippen molar-refractivity contribution < 1.29 is 4.74 Å². The van der Waals surface area contributed by atoms with E-state index in [4.69, 9.17) is 10.5 Å². The molecule has 2 N–H and O–H groups in total. The highest BCUT2D eigenvalue weighted by Gasteiger charge is 2.20. The second-order valence-electron chi connectivity index (χ2n) is 4.40. The minimum absolute atomic E-state index is 0.341. The molecule has 1 aromatic rings. The van der Waals surface area contributed by atoms with E-state index in [1.807, 2.05) is 6.92 Å². The second kappa shape index (κ2) is 5.91. The van der Waals surface area contributed by atoms with Crippen LogP contribution in [0.15, 0.2) is 0 Å². The number of hydrogen-bond donors (Lipinski definition) is 1. The van der Waals surface area contributed by atoms with E-state index in [0.29, 0.717) is 24.9 Å². The third kappa shape index (κ3) is 3.36. The number of hydrogen-bond acceptors (Lipinski definition) is 5. The van der Waals surface area contributed by atoms with Gasteiger partial charge < -0.3 is 10.5 Å². The third-order valence-corrected chi connectivity index (χ3v) is 3.11. The van der Waals surface area contributed by atoms with Crippen molar-refractivity contribution in [3.63, 3.8) is 0 Å². The second-order valence-corrected chi connectivity index (χ2v) is 4.40. The third-order valence-electron chi connectivity index (χ3n) is 3.11. The van der Waals surface area contributed by atoms with Crippen LogP contribution in [0.4, 0.5) is 5.95 Å². The zero-order valence-electron chi connectivity index (χ0n) is 10.4. The monoisotopic (exact) mass is 236 g/mol. The zero-order chi connectivity index (χ0) is 12.1. The first-order valence-electron chi connectivity index (χ1n) is 6.37. The van der Waals surface area contributed by atoms with Crippen LogP contribution in [0, 0.1) is 0 Å². The Bertz CT molecular complexity index is 364. The van der Waals surface area contributed by atoms with Gasteiger partial charge in [0.05, 0.1) is 6.61 Å². The normalized spacial score (nSPS) is 16.5. The number of rotatable bonds is 5. The molecule has 0 amide bonds. The number of nitrogens with two attached hydrogens (primary N) is 1. The molecule has 5 nitrogen and oxygen atoms in total. The van der Waals surface area contributed by atoms with E-state index in [2.05, 4.69) is 15.0 Å². The molecular formula is C12H20N4O. The molecule has 1 fully saturated rings. The van der Waals surface area contributed by atoms with Crippen LogP contribution in [0.2, 0.25) is 0 Å². The fraction of sp³-hybridized carbons (Fsp3) is 0.750. The van der Waals surface area contributed by atoms with E-state index in [1.165, 1.54) is 25.7 Å². The standard InChI is InChI=1S/C12H20N4O/c1-2-17-8-7-10-14-11(16-12(13)15-10)9-5-3-4-6-9/h9H,2-8H2,1H3,(H2,13,14,15,16). The Morgan fingerprint density at radius 2 is 2.00 bits per heavy atom. The lowest BCUT2D eigenvalue weighted by Crippen LogP contribution is -2.11. The Labute approximate surface area is 102 Å². The molecule has 1 saturated carbocycles. The summed E-state index contributed by atoms with van der Waals surface area (Å²) in [5.74, 6) is 2.45. The Hall–Kier alpha value is -1.23. The fourth-order valence-corrected chi connectivity index (χ4v) is 2.24. The summed E-state index contributed by atoms with van der Waals surface area (Å²) in [5.41, 5.74) is 5.73. The molecule has 0 atom stereocenters. The summed E-state index contributed by atoms with van der Waals surface area (Å²) >= 11 is 0. The van der Waals surface area contributed by atoms with Gasteiger partial charge in [-0.2, -0.15) is 9.97 Å². The van der Waals surface area contributed by atoms with Crippen LogP contribution < -0.4 is 5.73 Å². The highest BCUT2D eigenvalue weighted by Crippen LogP contribution is 2.32. The minimum atomic E-state index is 0.341. The number of ether oxygens (including phenoxy) is 1. The summed E-state index contributed by atoms with van der Waals surface area (Å²) in [7, 11) is 0. The van der Waals surface area contributed by atoms with Crippen molar-refractivity contribution in [2.75, 3.05) is 18.9 Å². The molecular weight excluding hydrogens is 216 g/mol. The van der Waals surface area contributed by atoms with E-state index < -0.39 is 0 Å². The highest BCUT2D eigenvalue weighted by molar-refractivity contribution is 5.18. The number of anilines is 1. The van der Waals surface area contributed by atoms with Gasteiger partial charge in [0.25, 0.3) is 0 Å². The summed E-state index contributed by atoms with van der Waals surface area (Å²) in [6.45, 7) is 3.34. The summed E-state index contributed by atoms with van der Waals surface area (Å²) in [4.78, 5) is 12.9. The van der Waals surface area contributed by atoms with Crippen molar-refractivity contribution in [1.29, 1.82) is 0 Å². The van der Waals surface area contributed by atoms with Crippen LogP contribution in [0.3, 0.4) is 0 Å². The van der Waals surface area contributed by atoms with Crippen LogP contribution >= 0.6 is 0 Å². The van der Waals surface area contributed by atoms with E-state index in [9.17, 15) is 0 Å². The molecule has 0 aliphatic heterocycles. The van der Waals surface area contributed by atoms with E-state index in [0.717, 1.165) is 18.3 Å². The lowest BCUT2D eigenvalue weighted by atomic mass is 10.1. The van der Waals surface area contributed by atoms with Gasteiger partial charge in [0.2, 0.25) is 5.95 Å². The molecule has 17 heavy (non-hydrogen) atoms. The van der Waals surface area contributed by atoms with Gasteiger partial charge >= 0.3 is 0 Å². The molecule has 1 aliphatic carbocycles. The molecule has 1 aromatic heterocycles. The molecule has 0 aromatic carbocycles. The van der Waals surface area contributed by atoms with Crippen LogP contribution in [0.25, 0.3) is 0 Å². The lowest BCUT2D eigenvalue weighted by molar-refractivity contribution is 0.149. The van der Waals surface area contributed by atoms with E-state index in [1.54, 1.807) is 0 Å². The SMILES string of the molecule is CCOCCc1nc(N)nc(C2CCCC2)n1. The molecule has 94 valence electrons. The Kier molecular flexibility index (Phi) is 4.25. The van der Waals surface area contributed by atoms with Crippen LogP contribution in [-0.2, 0) is 11.2 Å². The minimum Gasteiger partial charge on any atom is -0.381 e. The van der Waals surface area contributed by atoms with Gasteiger partial charge in [-0.15, -0.1) is 0 Å². The maximum Gasteiger partial charge on any atom is 0.223 e. The number of aromatic nitrogens is 3. The maximum atomic E-state index is 5.73. The van der Waals surface area contributed by atoms with Gasteiger partial charge in [0.1, 0.15) is 11.6 Å². The molecule has 0 saturated heterocycles. The summed E-state index contributed by atoms with van der Waals surface area (Å²) in [5, 5.41) is 0.